The number of esters is 1. The minimum atomic E-state index is -2.80. The van der Waals surface area contributed by atoms with Gasteiger partial charge in [-0.3, -0.25) is 4.79 Å². The predicted octanol–water partition coefficient (Wildman–Crippen LogP) is 3.33. The van der Waals surface area contributed by atoms with Crippen LogP contribution in [0.1, 0.15) is 33.3 Å². The summed E-state index contributed by atoms with van der Waals surface area (Å²) in [7, 11) is 0. The molecule has 0 N–H and O–H groups in total. The highest BCUT2D eigenvalue weighted by Gasteiger charge is 2.43. The fourth-order valence-electron chi connectivity index (χ4n) is 1.25. The highest BCUT2D eigenvalue weighted by Crippen LogP contribution is 2.19. The minimum absolute atomic E-state index is 0.493. The molecule has 1 atom stereocenters. The topological polar surface area (TPSA) is 43.4 Å². The van der Waals surface area contributed by atoms with Crippen LogP contribution in [0.3, 0.4) is 0 Å². The maximum absolute atomic E-state index is 14.2. The van der Waals surface area contributed by atoms with Gasteiger partial charge in [-0.15, -0.1) is 0 Å². The van der Waals surface area contributed by atoms with Crippen LogP contribution in [0.25, 0.3) is 0 Å². The van der Waals surface area contributed by atoms with E-state index in [2.05, 4.69) is 11.8 Å². The lowest BCUT2D eigenvalue weighted by molar-refractivity contribution is -0.169. The van der Waals surface area contributed by atoms with Crippen LogP contribution in [-0.4, -0.2) is 23.0 Å². The third-order valence-electron chi connectivity index (χ3n) is 2.37. The fourth-order valence-corrected chi connectivity index (χ4v) is 1.37. The lowest BCUT2D eigenvalue weighted by Crippen LogP contribution is -2.43. The van der Waals surface area contributed by atoms with Crippen molar-refractivity contribution in [1.29, 1.82) is 0 Å². The summed E-state index contributed by atoms with van der Waals surface area (Å²) in [5.74, 6) is 2.22. The second kappa shape index (κ2) is 6.28. The summed E-state index contributed by atoms with van der Waals surface area (Å²) in [6, 6.07) is 6.37. The van der Waals surface area contributed by atoms with Crippen molar-refractivity contribution in [3.05, 3.63) is 34.9 Å². The number of hydrogen-bond acceptors (Lipinski definition) is 3. The first kappa shape index (κ1) is 17.2. The van der Waals surface area contributed by atoms with Crippen LogP contribution in [0.4, 0.5) is 4.39 Å². The molecule has 5 heteroatoms. The molecule has 0 fully saturated rings. The number of rotatable bonds is 2. The van der Waals surface area contributed by atoms with Crippen LogP contribution in [-0.2, 0) is 14.3 Å². The van der Waals surface area contributed by atoms with Gasteiger partial charge in [-0.25, -0.2) is 9.18 Å². The van der Waals surface area contributed by atoms with Crippen molar-refractivity contribution >= 4 is 23.4 Å². The quantitative estimate of drug-likeness (QED) is 0.478. The molecule has 0 aliphatic heterocycles. The number of Topliss-reactive ketones (excluding diaryl/α,β-unsaturated/α-hetero) is 1. The Bertz CT molecular complexity index is 601. The molecule has 0 heterocycles. The van der Waals surface area contributed by atoms with Gasteiger partial charge in [0.25, 0.3) is 11.5 Å². The standard InChI is InChI=1S/C16H16ClFO3/c1-15(2,3)21-14(20)16(4,18)13(19)10-7-11-5-8-12(17)9-6-11/h5-6,8-9H,1-4H3. The van der Waals surface area contributed by atoms with E-state index in [0.717, 1.165) is 6.92 Å². The van der Waals surface area contributed by atoms with Crippen LogP contribution < -0.4 is 0 Å². The summed E-state index contributed by atoms with van der Waals surface area (Å²) in [5.41, 5.74) is -3.19. The molecular formula is C16H16ClFO3. The average Bonchev–Trinajstić information content (AvgIpc) is 2.35. The van der Waals surface area contributed by atoms with Gasteiger partial charge >= 0.3 is 5.97 Å². The van der Waals surface area contributed by atoms with E-state index in [4.69, 9.17) is 16.3 Å². The summed E-state index contributed by atoms with van der Waals surface area (Å²) >= 11 is 5.71. The number of halogens is 2. The monoisotopic (exact) mass is 310 g/mol. The Kier molecular flexibility index (Phi) is 5.14. The third kappa shape index (κ3) is 5.20. The van der Waals surface area contributed by atoms with Crippen LogP contribution >= 0.6 is 11.6 Å². The average molecular weight is 311 g/mol. The second-order valence-corrected chi connectivity index (χ2v) is 6.03. The minimum Gasteiger partial charge on any atom is -0.457 e. The number of alkyl halides is 1. The normalized spacial score (nSPS) is 13.6. The van der Waals surface area contributed by atoms with Crippen LogP contribution in [0.5, 0.6) is 0 Å². The number of benzene rings is 1. The largest absolute Gasteiger partial charge is 0.457 e. The van der Waals surface area contributed by atoms with Crippen molar-refractivity contribution in [3.63, 3.8) is 0 Å². The SMILES string of the molecule is CC(C)(C)OC(=O)C(C)(F)C(=O)C#Cc1ccc(Cl)cc1. The molecule has 0 spiro atoms. The molecule has 0 amide bonds. The highest BCUT2D eigenvalue weighted by atomic mass is 35.5. The van der Waals surface area contributed by atoms with Gasteiger partial charge in [0.15, 0.2) is 0 Å². The molecule has 21 heavy (non-hydrogen) atoms. The van der Waals surface area contributed by atoms with Gasteiger partial charge in [-0.1, -0.05) is 17.5 Å². The maximum atomic E-state index is 14.2. The maximum Gasteiger partial charge on any atom is 0.353 e. The number of ketones is 1. The first-order valence-electron chi connectivity index (χ1n) is 6.27. The molecule has 0 bridgehead atoms. The van der Waals surface area contributed by atoms with Crippen LogP contribution in [0.15, 0.2) is 24.3 Å². The van der Waals surface area contributed by atoms with Crippen LogP contribution in [0.2, 0.25) is 5.02 Å². The Balaban J connectivity index is 2.87. The lowest BCUT2D eigenvalue weighted by Gasteiger charge is -2.23. The van der Waals surface area contributed by atoms with Gasteiger partial charge in [-0.05, 0) is 57.9 Å². The van der Waals surface area contributed by atoms with E-state index in [9.17, 15) is 14.0 Å². The van der Waals surface area contributed by atoms with Crippen molar-refractivity contribution in [3.8, 4) is 11.8 Å². The smallest absolute Gasteiger partial charge is 0.353 e. The number of hydrogen-bond donors (Lipinski definition) is 0. The molecule has 0 saturated heterocycles. The lowest BCUT2D eigenvalue weighted by atomic mass is 10.0. The summed E-state index contributed by atoms with van der Waals surface area (Å²) < 4.78 is 19.1. The van der Waals surface area contributed by atoms with Gasteiger partial charge in [0.05, 0.1) is 0 Å². The summed E-state index contributed by atoms with van der Waals surface area (Å²) in [4.78, 5) is 23.4. The van der Waals surface area contributed by atoms with E-state index in [1.165, 1.54) is 0 Å². The van der Waals surface area contributed by atoms with E-state index in [0.29, 0.717) is 10.6 Å². The van der Waals surface area contributed by atoms with Crippen LogP contribution in [0, 0.1) is 11.8 Å². The fraction of sp³-hybridized carbons (Fsp3) is 0.375. The molecule has 0 aromatic heterocycles. The Morgan fingerprint density at radius 3 is 2.14 bits per heavy atom. The Morgan fingerprint density at radius 2 is 1.67 bits per heavy atom. The van der Waals surface area contributed by atoms with E-state index >= 15 is 0 Å². The third-order valence-corrected chi connectivity index (χ3v) is 2.63. The second-order valence-electron chi connectivity index (χ2n) is 5.59. The number of ether oxygens (including phenoxy) is 1. The Hall–Kier alpha value is -1.86. The van der Waals surface area contributed by atoms with E-state index in [-0.39, 0.29) is 0 Å². The zero-order chi connectivity index (χ0) is 16.3. The van der Waals surface area contributed by atoms with Crippen molar-refractivity contribution in [2.75, 3.05) is 0 Å². The summed E-state index contributed by atoms with van der Waals surface area (Å²) in [5, 5.41) is 0.524. The van der Waals surface area contributed by atoms with Gasteiger partial charge in [-0.2, -0.15) is 0 Å². The molecule has 0 aliphatic carbocycles. The number of carbonyl (C=O) groups is 2. The zero-order valence-corrected chi connectivity index (χ0v) is 13.0. The first-order chi connectivity index (χ1) is 9.52. The van der Waals surface area contributed by atoms with Gasteiger partial charge in [0.1, 0.15) is 5.60 Å². The van der Waals surface area contributed by atoms with E-state index < -0.39 is 23.0 Å². The van der Waals surface area contributed by atoms with Crippen molar-refractivity contribution in [2.45, 2.75) is 39.0 Å². The molecule has 0 radical (unpaired) electrons. The molecule has 0 saturated carbocycles. The van der Waals surface area contributed by atoms with E-state index in [1.807, 2.05) is 0 Å². The summed E-state index contributed by atoms with van der Waals surface area (Å²) in [6.45, 7) is 5.61. The zero-order valence-electron chi connectivity index (χ0n) is 12.3. The molecular weight excluding hydrogens is 295 g/mol. The van der Waals surface area contributed by atoms with Crippen molar-refractivity contribution in [1.82, 2.24) is 0 Å². The molecule has 1 aromatic rings. The van der Waals surface area contributed by atoms with Crippen molar-refractivity contribution < 1.29 is 18.7 Å². The summed E-state index contributed by atoms with van der Waals surface area (Å²) in [6.07, 6.45) is 0. The van der Waals surface area contributed by atoms with Gasteiger partial charge in [0, 0.05) is 10.6 Å². The first-order valence-corrected chi connectivity index (χ1v) is 6.64. The van der Waals surface area contributed by atoms with Crippen molar-refractivity contribution in [2.24, 2.45) is 0 Å². The molecule has 112 valence electrons. The number of carbonyl (C=O) groups excluding carboxylic acids is 2. The molecule has 1 unspecified atom stereocenters. The molecule has 3 nitrogen and oxygen atoms in total. The molecule has 1 aromatic carbocycles. The Labute approximate surface area is 128 Å². The Morgan fingerprint density at radius 1 is 1.14 bits per heavy atom. The highest BCUT2D eigenvalue weighted by molar-refractivity contribution is 6.30. The van der Waals surface area contributed by atoms with Gasteiger partial charge in [0.2, 0.25) is 0 Å². The molecule has 1 rings (SSSR count). The van der Waals surface area contributed by atoms with E-state index in [1.54, 1.807) is 45.0 Å². The molecule has 0 aliphatic rings. The predicted molar refractivity (Wildman–Crippen MR) is 78.7 cm³/mol. The van der Waals surface area contributed by atoms with Gasteiger partial charge < -0.3 is 4.74 Å².